The second-order valence-electron chi connectivity index (χ2n) is 15.3. The van der Waals surface area contributed by atoms with Crippen LogP contribution in [-0.2, 0) is 0 Å². The number of benzene rings is 9. The molecule has 0 unspecified atom stereocenters. The molecule has 0 aliphatic heterocycles. The molecule has 0 aliphatic rings. The molecule has 346 valence electrons. The van der Waals surface area contributed by atoms with E-state index in [0.717, 1.165) is 70.4 Å². The minimum atomic E-state index is -0.168. The summed E-state index contributed by atoms with van der Waals surface area (Å²) in [5, 5.41) is 5.23. The Morgan fingerprint density at radius 1 is 0.414 bits per heavy atom. The fourth-order valence-corrected chi connectivity index (χ4v) is 8.79. The number of hydrogen-bond acceptors (Lipinski definition) is 3. The van der Waals surface area contributed by atoms with E-state index in [1.54, 1.807) is 24.5 Å². The number of nitrogens with one attached hydrogen (secondary N) is 1. The second kappa shape index (κ2) is 26.2. The lowest BCUT2D eigenvalue weighted by atomic mass is 9.93. The lowest BCUT2D eigenvalue weighted by molar-refractivity contribution is 0.102. The Morgan fingerprint density at radius 3 is 1.24 bits per heavy atom. The summed E-state index contributed by atoms with van der Waals surface area (Å²) in [5.74, 6) is -0.168. The summed E-state index contributed by atoms with van der Waals surface area (Å²) in [4.78, 5) is 16.6. The maximum atomic E-state index is 12.6. The van der Waals surface area contributed by atoms with Crippen molar-refractivity contribution in [2.24, 2.45) is 0 Å². The molecule has 3 N–H and O–H groups in total. The van der Waals surface area contributed by atoms with Crippen LogP contribution in [0.1, 0.15) is 10.4 Å². The SMILES string of the molecule is Brc1ccccc1I.Clc1ccc(-c2ccccc2Br)cc1.Nc1ccccc1-c1ccccc1-c1ccc(Cl)cc1.O=C(Nc1ccccc1-c1ccccc1-c1ccc(Cl)cc1)c1ccncc1. The molecule has 10 heteroatoms. The molecule has 1 heterocycles. The number of para-hydroxylation sites is 2. The van der Waals surface area contributed by atoms with Gasteiger partial charge in [0.1, 0.15) is 0 Å². The van der Waals surface area contributed by atoms with E-state index >= 15 is 0 Å². The van der Waals surface area contributed by atoms with Gasteiger partial charge in [-0.05, 0) is 162 Å². The maximum absolute atomic E-state index is 12.6. The molecule has 0 saturated carbocycles. The molecule has 0 atom stereocenters. The highest BCUT2D eigenvalue weighted by atomic mass is 127. The van der Waals surface area contributed by atoms with Crippen molar-refractivity contribution in [3.05, 3.63) is 276 Å². The fourth-order valence-electron chi connectivity index (χ4n) is 7.23. The highest BCUT2D eigenvalue weighted by molar-refractivity contribution is 14.1. The number of nitrogens with two attached hydrogens (primary N) is 1. The first-order valence-corrected chi connectivity index (χ1v) is 25.6. The van der Waals surface area contributed by atoms with Gasteiger partial charge in [-0.25, -0.2) is 0 Å². The number of pyridine rings is 1. The van der Waals surface area contributed by atoms with Crippen molar-refractivity contribution >= 4 is 107 Å². The minimum Gasteiger partial charge on any atom is -0.398 e. The third kappa shape index (κ3) is 14.5. The molecule has 0 bridgehead atoms. The van der Waals surface area contributed by atoms with Crippen molar-refractivity contribution in [3.63, 3.8) is 0 Å². The lowest BCUT2D eigenvalue weighted by Gasteiger charge is -2.15. The lowest BCUT2D eigenvalue weighted by Crippen LogP contribution is -2.12. The third-order valence-corrected chi connectivity index (χ3v) is 14.5. The number of carbonyl (C=O) groups is 1. The summed E-state index contributed by atoms with van der Waals surface area (Å²) < 4.78 is 3.52. The summed E-state index contributed by atoms with van der Waals surface area (Å²) in [7, 11) is 0. The molecule has 10 aromatic rings. The van der Waals surface area contributed by atoms with Crippen LogP contribution < -0.4 is 11.1 Å². The summed E-state index contributed by atoms with van der Waals surface area (Å²) in [5.41, 5.74) is 19.2. The minimum absolute atomic E-state index is 0.168. The van der Waals surface area contributed by atoms with E-state index in [1.807, 2.05) is 182 Å². The predicted molar refractivity (Wildman–Crippen MR) is 313 cm³/mol. The van der Waals surface area contributed by atoms with Crippen LogP contribution >= 0.6 is 89.3 Å². The van der Waals surface area contributed by atoms with Crippen LogP contribution in [0.25, 0.3) is 55.6 Å². The smallest absolute Gasteiger partial charge is 0.255 e. The van der Waals surface area contributed by atoms with Gasteiger partial charge in [0, 0.05) is 68.0 Å². The summed E-state index contributed by atoms with van der Waals surface area (Å²) >= 11 is 27.0. The molecule has 4 nitrogen and oxygen atoms in total. The second-order valence-corrected chi connectivity index (χ2v) is 19.5. The first-order chi connectivity index (χ1) is 34.0. The first kappa shape index (κ1) is 51.8. The molecule has 1 aromatic heterocycles. The number of carbonyl (C=O) groups excluding carboxylic acids is 1. The number of amides is 1. The largest absolute Gasteiger partial charge is 0.398 e. The summed E-state index contributed by atoms with van der Waals surface area (Å²) in [6, 6.07) is 75.2. The van der Waals surface area contributed by atoms with Gasteiger partial charge in [-0.1, -0.05) is 202 Å². The van der Waals surface area contributed by atoms with Gasteiger partial charge in [0.15, 0.2) is 0 Å². The molecule has 1 amide bonds. The van der Waals surface area contributed by atoms with Crippen LogP contribution in [0.2, 0.25) is 15.1 Å². The zero-order chi connectivity index (χ0) is 49.2. The molecule has 0 fully saturated rings. The normalized spacial score (nSPS) is 10.3. The standard InChI is InChI=1S/C24H17ClN2O.C18H14ClN.C12H8BrCl.C6H4BrI/c25-19-11-9-17(10-12-19)20-5-1-2-6-21(20)22-7-3-4-8-23(22)27-24(28)18-13-15-26-16-14-18;19-14-11-9-13(10-12-14)15-5-1-2-6-16(15)17-7-3-4-8-18(17)20;13-12-4-2-1-3-11(12)9-5-7-10(14)8-6-9;7-5-3-1-2-4-6(5)8/h1-16H,(H,27,28);1-12H,20H2;1-8H;1-4H. The van der Waals surface area contributed by atoms with Gasteiger partial charge in [0.25, 0.3) is 5.91 Å². The topological polar surface area (TPSA) is 68.0 Å². The van der Waals surface area contributed by atoms with E-state index in [4.69, 9.17) is 40.5 Å². The van der Waals surface area contributed by atoms with Crippen LogP contribution in [-0.4, -0.2) is 10.9 Å². The molecule has 70 heavy (non-hydrogen) atoms. The average Bonchev–Trinajstić information content (AvgIpc) is 3.39. The summed E-state index contributed by atoms with van der Waals surface area (Å²) in [6.45, 7) is 0. The Morgan fingerprint density at radius 2 is 0.786 bits per heavy atom. The molecule has 0 radical (unpaired) electrons. The van der Waals surface area contributed by atoms with Gasteiger partial charge in [0.2, 0.25) is 0 Å². The number of anilines is 2. The first-order valence-electron chi connectivity index (χ1n) is 21.8. The predicted octanol–water partition coefficient (Wildman–Crippen LogP) is 19.4. The van der Waals surface area contributed by atoms with Gasteiger partial charge in [0.05, 0.1) is 0 Å². The zero-order valence-corrected chi connectivity index (χ0v) is 44.9. The Hall–Kier alpha value is -6.04. The third-order valence-electron chi connectivity index (χ3n) is 10.7. The van der Waals surface area contributed by atoms with Crippen LogP contribution in [0, 0.1) is 3.57 Å². The Balaban J connectivity index is 0.000000150. The van der Waals surface area contributed by atoms with Crippen molar-refractivity contribution in [2.75, 3.05) is 11.1 Å². The van der Waals surface area contributed by atoms with Gasteiger partial charge in [-0.15, -0.1) is 0 Å². The van der Waals surface area contributed by atoms with Crippen molar-refractivity contribution in [1.82, 2.24) is 4.98 Å². The molecular formula is C60H43Br2Cl3IN3O. The number of halogens is 6. The zero-order valence-electron chi connectivity index (χ0n) is 37.3. The van der Waals surface area contributed by atoms with Crippen molar-refractivity contribution in [1.29, 1.82) is 0 Å². The average molecular weight is 1220 g/mol. The number of nitrogen functional groups attached to an aromatic ring is 1. The van der Waals surface area contributed by atoms with E-state index in [0.29, 0.717) is 10.6 Å². The molecule has 0 saturated heterocycles. The van der Waals surface area contributed by atoms with Gasteiger partial charge in [-0.2, -0.15) is 0 Å². The number of aromatic nitrogens is 1. The van der Waals surface area contributed by atoms with Crippen LogP contribution in [0.15, 0.2) is 252 Å². The number of nitrogens with zero attached hydrogens (tertiary/aromatic N) is 1. The van der Waals surface area contributed by atoms with Gasteiger partial charge >= 0.3 is 0 Å². The molecule has 10 rings (SSSR count). The quantitative estimate of drug-likeness (QED) is 0.123. The van der Waals surface area contributed by atoms with Crippen LogP contribution in [0.5, 0.6) is 0 Å². The highest BCUT2D eigenvalue weighted by Crippen LogP contribution is 2.38. The van der Waals surface area contributed by atoms with Gasteiger partial charge < -0.3 is 11.1 Å². The van der Waals surface area contributed by atoms with E-state index in [-0.39, 0.29) is 5.91 Å². The van der Waals surface area contributed by atoms with Crippen molar-refractivity contribution < 1.29 is 4.79 Å². The Bertz CT molecular complexity index is 3260. The van der Waals surface area contributed by atoms with Crippen molar-refractivity contribution in [2.45, 2.75) is 0 Å². The highest BCUT2D eigenvalue weighted by Gasteiger charge is 2.14. The Kier molecular flexibility index (Phi) is 19.4. The monoisotopic (exact) mass is 1210 g/mol. The molecule has 0 spiro atoms. The van der Waals surface area contributed by atoms with Gasteiger partial charge in [-0.3, -0.25) is 9.78 Å². The maximum Gasteiger partial charge on any atom is 0.255 e. The van der Waals surface area contributed by atoms with Crippen molar-refractivity contribution in [3.8, 4) is 55.6 Å². The van der Waals surface area contributed by atoms with E-state index in [1.165, 1.54) is 19.2 Å². The van der Waals surface area contributed by atoms with E-state index in [9.17, 15) is 4.79 Å². The Labute approximate surface area is 455 Å². The molecule has 0 aliphatic carbocycles. The molecule has 9 aromatic carbocycles. The number of rotatable bonds is 7. The van der Waals surface area contributed by atoms with Crippen LogP contribution in [0.4, 0.5) is 11.4 Å². The summed E-state index contributed by atoms with van der Waals surface area (Å²) in [6.07, 6.45) is 3.22. The fraction of sp³-hybridized carbons (Fsp3) is 0. The van der Waals surface area contributed by atoms with Crippen LogP contribution in [0.3, 0.4) is 0 Å². The van der Waals surface area contributed by atoms with E-state index in [2.05, 4.69) is 101 Å². The molecular weight excluding hydrogens is 1170 g/mol. The van der Waals surface area contributed by atoms with E-state index < -0.39 is 0 Å². The number of hydrogen-bond donors (Lipinski definition) is 2.